The molecule has 2 heterocycles. The van der Waals surface area contributed by atoms with E-state index in [0.717, 1.165) is 12.2 Å². The molecule has 0 aromatic carbocycles. The van der Waals surface area contributed by atoms with Gasteiger partial charge in [0, 0.05) is 10.9 Å². The molecule has 2 rings (SSSR count). The van der Waals surface area contributed by atoms with Gasteiger partial charge >= 0.3 is 0 Å². The maximum Gasteiger partial charge on any atom is 0.0773 e. The first kappa shape index (κ1) is 9.36. The fourth-order valence-electron chi connectivity index (χ4n) is 1.29. The lowest BCUT2D eigenvalue weighted by Gasteiger charge is -2.06. The van der Waals surface area contributed by atoms with E-state index in [-0.39, 0.29) is 6.04 Å². The highest BCUT2D eigenvalue weighted by molar-refractivity contribution is 7.09. The van der Waals surface area contributed by atoms with Crippen molar-refractivity contribution in [3.63, 3.8) is 0 Å². The second kappa shape index (κ2) is 3.89. The number of nitrogens with zero attached hydrogens (tertiary/aromatic N) is 3. The van der Waals surface area contributed by atoms with Crippen LogP contribution in [0.2, 0.25) is 0 Å². The average Bonchev–Trinajstić information content (AvgIpc) is 2.75. The molecule has 1 unspecified atom stereocenters. The highest BCUT2D eigenvalue weighted by Crippen LogP contribution is 2.13. The van der Waals surface area contributed by atoms with Gasteiger partial charge in [-0.25, -0.2) is 4.68 Å². The molecule has 1 atom stereocenters. The maximum absolute atomic E-state index is 5.79. The second-order valence-corrected chi connectivity index (χ2v) is 4.22. The summed E-state index contributed by atoms with van der Waals surface area (Å²) in [6, 6.07) is 4.09. The summed E-state index contributed by atoms with van der Waals surface area (Å²) < 4.78 is 1.84. The third-order valence-electron chi connectivity index (χ3n) is 2.00. The molecule has 5 heteroatoms. The molecule has 2 aromatic heterocycles. The fourth-order valence-corrected chi connectivity index (χ4v) is 1.98. The zero-order valence-corrected chi connectivity index (χ0v) is 8.74. The molecule has 0 saturated carbocycles. The van der Waals surface area contributed by atoms with Gasteiger partial charge in [-0.15, -0.1) is 16.4 Å². The Labute approximate surface area is 86.4 Å². The topological polar surface area (TPSA) is 56.7 Å². The van der Waals surface area contributed by atoms with Gasteiger partial charge in [0.2, 0.25) is 0 Å². The van der Waals surface area contributed by atoms with Crippen molar-refractivity contribution in [1.82, 2.24) is 15.0 Å². The van der Waals surface area contributed by atoms with Crippen molar-refractivity contribution >= 4 is 11.3 Å². The normalized spacial score (nSPS) is 13.0. The Morgan fingerprint density at radius 1 is 1.64 bits per heavy atom. The molecule has 2 N–H and O–H groups in total. The van der Waals surface area contributed by atoms with E-state index in [1.807, 2.05) is 17.7 Å². The molecule has 4 nitrogen and oxygen atoms in total. The highest BCUT2D eigenvalue weighted by atomic mass is 32.1. The minimum Gasteiger partial charge on any atom is -0.323 e. The van der Waals surface area contributed by atoms with Gasteiger partial charge in [0.15, 0.2) is 0 Å². The predicted molar refractivity (Wildman–Crippen MR) is 56.0 cm³/mol. The monoisotopic (exact) mass is 208 g/mol. The van der Waals surface area contributed by atoms with Crippen LogP contribution in [0, 0.1) is 0 Å². The summed E-state index contributed by atoms with van der Waals surface area (Å²) in [6.07, 6.45) is 1.72. The Hall–Kier alpha value is -1.20. The van der Waals surface area contributed by atoms with Crippen LogP contribution in [0.5, 0.6) is 0 Å². The van der Waals surface area contributed by atoms with Gasteiger partial charge in [-0.1, -0.05) is 11.3 Å². The van der Waals surface area contributed by atoms with E-state index in [4.69, 9.17) is 5.73 Å². The summed E-state index contributed by atoms with van der Waals surface area (Å²) in [5.74, 6) is 0. The first-order valence-corrected chi connectivity index (χ1v) is 5.31. The highest BCUT2D eigenvalue weighted by Gasteiger charge is 2.08. The van der Waals surface area contributed by atoms with Gasteiger partial charge < -0.3 is 5.73 Å². The quantitative estimate of drug-likeness (QED) is 0.829. The van der Waals surface area contributed by atoms with Crippen molar-refractivity contribution in [3.8, 4) is 0 Å². The Morgan fingerprint density at radius 2 is 2.50 bits per heavy atom. The zero-order valence-electron chi connectivity index (χ0n) is 7.92. The smallest absolute Gasteiger partial charge is 0.0773 e. The summed E-state index contributed by atoms with van der Waals surface area (Å²) >= 11 is 1.71. The van der Waals surface area contributed by atoms with E-state index in [1.54, 1.807) is 17.5 Å². The summed E-state index contributed by atoms with van der Waals surface area (Å²) in [5.41, 5.74) is 6.76. The van der Waals surface area contributed by atoms with Crippen LogP contribution >= 0.6 is 11.3 Å². The molecule has 0 spiro atoms. The van der Waals surface area contributed by atoms with Crippen molar-refractivity contribution < 1.29 is 0 Å². The first-order valence-electron chi connectivity index (χ1n) is 4.43. The number of nitrogens with two attached hydrogens (primary N) is 1. The van der Waals surface area contributed by atoms with Crippen molar-refractivity contribution in [2.75, 3.05) is 0 Å². The summed E-state index contributed by atoms with van der Waals surface area (Å²) in [6.45, 7) is 2.69. The number of thiophene rings is 1. The van der Waals surface area contributed by atoms with E-state index >= 15 is 0 Å². The Kier molecular flexibility index (Phi) is 2.60. The third kappa shape index (κ3) is 1.83. The van der Waals surface area contributed by atoms with Gasteiger partial charge in [0.25, 0.3) is 0 Å². The van der Waals surface area contributed by atoms with Crippen LogP contribution in [0.15, 0.2) is 23.7 Å². The fraction of sp³-hybridized carbons (Fsp3) is 0.333. The van der Waals surface area contributed by atoms with Crippen LogP contribution < -0.4 is 5.73 Å². The minimum atomic E-state index is -0.0232. The Bertz CT molecular complexity index is 391. The first-order chi connectivity index (χ1) is 6.77. The molecule has 0 aliphatic carbocycles. The van der Waals surface area contributed by atoms with Crippen LogP contribution in [0.4, 0.5) is 0 Å². The van der Waals surface area contributed by atoms with Crippen LogP contribution in [-0.4, -0.2) is 15.0 Å². The van der Waals surface area contributed by atoms with E-state index < -0.39 is 0 Å². The average molecular weight is 208 g/mol. The van der Waals surface area contributed by atoms with Crippen LogP contribution in [0.1, 0.15) is 23.5 Å². The van der Waals surface area contributed by atoms with Crippen molar-refractivity contribution in [2.24, 2.45) is 5.73 Å². The maximum atomic E-state index is 5.79. The number of hydrogen-bond donors (Lipinski definition) is 1. The molecular formula is C9H12N4S. The molecular weight excluding hydrogens is 196 g/mol. The van der Waals surface area contributed by atoms with Gasteiger partial charge in [-0.2, -0.15) is 0 Å². The van der Waals surface area contributed by atoms with E-state index in [0.29, 0.717) is 0 Å². The SMILES string of the molecule is CC(N)c1cnnn1Cc1cccs1. The van der Waals surface area contributed by atoms with E-state index in [9.17, 15) is 0 Å². The summed E-state index contributed by atoms with van der Waals surface area (Å²) in [7, 11) is 0. The summed E-state index contributed by atoms with van der Waals surface area (Å²) in [5, 5.41) is 9.92. The molecule has 0 bridgehead atoms. The lowest BCUT2D eigenvalue weighted by Crippen LogP contribution is -2.13. The minimum absolute atomic E-state index is 0.0232. The van der Waals surface area contributed by atoms with Crippen molar-refractivity contribution in [1.29, 1.82) is 0 Å². The van der Waals surface area contributed by atoms with Gasteiger partial charge in [0.05, 0.1) is 18.4 Å². The lowest BCUT2D eigenvalue weighted by atomic mass is 10.3. The van der Waals surface area contributed by atoms with E-state index in [2.05, 4.69) is 21.8 Å². The molecule has 2 aromatic rings. The molecule has 14 heavy (non-hydrogen) atoms. The van der Waals surface area contributed by atoms with Gasteiger partial charge in [-0.3, -0.25) is 0 Å². The Morgan fingerprint density at radius 3 is 3.14 bits per heavy atom. The Balaban J connectivity index is 2.21. The van der Waals surface area contributed by atoms with Crippen molar-refractivity contribution in [2.45, 2.75) is 19.5 Å². The van der Waals surface area contributed by atoms with Crippen LogP contribution in [-0.2, 0) is 6.54 Å². The van der Waals surface area contributed by atoms with Gasteiger partial charge in [-0.05, 0) is 18.4 Å². The zero-order chi connectivity index (χ0) is 9.97. The molecule has 74 valence electrons. The number of rotatable bonds is 3. The molecule has 0 saturated heterocycles. The molecule has 0 aliphatic rings. The van der Waals surface area contributed by atoms with Crippen LogP contribution in [0.3, 0.4) is 0 Å². The number of aromatic nitrogens is 3. The van der Waals surface area contributed by atoms with Crippen LogP contribution in [0.25, 0.3) is 0 Å². The van der Waals surface area contributed by atoms with Gasteiger partial charge in [0.1, 0.15) is 0 Å². The summed E-state index contributed by atoms with van der Waals surface area (Å²) in [4.78, 5) is 1.26. The molecule has 0 radical (unpaired) electrons. The molecule has 0 aliphatic heterocycles. The number of hydrogen-bond acceptors (Lipinski definition) is 4. The molecule has 0 amide bonds. The lowest BCUT2D eigenvalue weighted by molar-refractivity contribution is 0.595. The largest absolute Gasteiger partial charge is 0.323 e. The molecule has 0 fully saturated rings. The standard InChI is InChI=1S/C9H12N4S/c1-7(10)9-5-11-12-13(9)6-8-3-2-4-14-8/h2-5,7H,6,10H2,1H3. The third-order valence-corrected chi connectivity index (χ3v) is 2.86. The second-order valence-electron chi connectivity index (χ2n) is 3.18. The predicted octanol–water partition coefficient (Wildman–Crippen LogP) is 1.41. The van der Waals surface area contributed by atoms with Crippen molar-refractivity contribution in [3.05, 3.63) is 34.3 Å². The van der Waals surface area contributed by atoms with E-state index in [1.165, 1.54) is 4.88 Å².